The van der Waals surface area contributed by atoms with Crippen LogP contribution in [0.4, 0.5) is 0 Å². The van der Waals surface area contributed by atoms with Gasteiger partial charge in [0.1, 0.15) is 0 Å². The fourth-order valence-corrected chi connectivity index (χ4v) is 0.139. The van der Waals surface area contributed by atoms with Crippen molar-refractivity contribution < 1.29 is 0 Å². The van der Waals surface area contributed by atoms with Crippen molar-refractivity contribution in [2.75, 3.05) is 0 Å². The van der Waals surface area contributed by atoms with Gasteiger partial charge in [-0.3, -0.25) is 5.32 Å². The summed E-state index contributed by atoms with van der Waals surface area (Å²) in [6.45, 7) is 0. The first kappa shape index (κ1) is 6.25. The highest BCUT2D eigenvalue weighted by molar-refractivity contribution is 5.79. The van der Waals surface area contributed by atoms with Gasteiger partial charge in [0, 0.05) is 0 Å². The molecule has 3 N–H and O–H groups in total. The summed E-state index contributed by atoms with van der Waals surface area (Å²) < 4.78 is 0. The van der Waals surface area contributed by atoms with Crippen molar-refractivity contribution in [3.63, 3.8) is 0 Å². The molecule has 0 heterocycles. The van der Waals surface area contributed by atoms with Crippen molar-refractivity contribution >= 4 is 5.96 Å². The molecule has 0 aromatic carbocycles. The number of guanidine groups is 1. The lowest BCUT2D eigenvalue weighted by Crippen LogP contribution is -2.26. The van der Waals surface area contributed by atoms with E-state index in [1.807, 2.05) is 5.32 Å². The summed E-state index contributed by atoms with van der Waals surface area (Å²) in [6.07, 6.45) is 2.90. The molecular weight excluding hydrogens is 106 g/mol. The molecule has 8 heavy (non-hydrogen) atoms. The standard InChI is InChI=1S/C3H3N5/c4-1-7-3(6)8-2-5/h(H3,6,7,8). The number of hydrogen-bond donors (Lipinski definition) is 2. The summed E-state index contributed by atoms with van der Waals surface area (Å²) in [5.41, 5.74) is 4.89. The predicted molar refractivity (Wildman–Crippen MR) is 26.0 cm³/mol. The van der Waals surface area contributed by atoms with Crippen LogP contribution in [0.15, 0.2) is 4.99 Å². The van der Waals surface area contributed by atoms with Gasteiger partial charge in [0.15, 0.2) is 6.19 Å². The maximum absolute atomic E-state index is 7.83. The molecule has 0 radical (unpaired) electrons. The second-order valence-corrected chi connectivity index (χ2v) is 0.834. The van der Waals surface area contributed by atoms with E-state index < -0.39 is 0 Å². The molecule has 0 saturated carbocycles. The highest BCUT2D eigenvalue weighted by atomic mass is 15.1. The largest absolute Gasteiger partial charge is 0.368 e. The number of rotatable bonds is 0. The summed E-state index contributed by atoms with van der Waals surface area (Å²) in [4.78, 5) is 2.98. The Labute approximate surface area is 46.0 Å². The van der Waals surface area contributed by atoms with Gasteiger partial charge >= 0.3 is 0 Å². The van der Waals surface area contributed by atoms with Gasteiger partial charge in [-0.25, -0.2) is 0 Å². The third kappa shape index (κ3) is 2.49. The van der Waals surface area contributed by atoms with Crippen molar-refractivity contribution in [3.8, 4) is 12.4 Å². The van der Waals surface area contributed by atoms with Crippen LogP contribution in [0.2, 0.25) is 0 Å². The first-order chi connectivity index (χ1) is 3.81. The molecule has 0 spiro atoms. The van der Waals surface area contributed by atoms with Gasteiger partial charge in [0.05, 0.1) is 0 Å². The zero-order chi connectivity index (χ0) is 6.41. The minimum atomic E-state index is -0.185. The molecular formula is C3H3N5. The lowest BCUT2D eigenvalue weighted by molar-refractivity contribution is 1.21. The zero-order valence-corrected chi connectivity index (χ0v) is 3.92. The third-order valence-corrected chi connectivity index (χ3v) is 0.354. The van der Waals surface area contributed by atoms with E-state index in [1.165, 1.54) is 12.4 Å². The molecule has 0 aromatic heterocycles. The summed E-state index contributed by atoms with van der Waals surface area (Å²) >= 11 is 0. The Hall–Kier alpha value is -1.75. The molecule has 0 rings (SSSR count). The third-order valence-electron chi connectivity index (χ3n) is 0.354. The summed E-state index contributed by atoms with van der Waals surface area (Å²) in [5.74, 6) is -0.185. The van der Waals surface area contributed by atoms with Crippen LogP contribution in [0.25, 0.3) is 0 Å². The second kappa shape index (κ2) is 3.44. The minimum absolute atomic E-state index is 0.185. The fourth-order valence-electron chi connectivity index (χ4n) is 0.139. The molecule has 0 atom stereocenters. The van der Waals surface area contributed by atoms with Crippen molar-refractivity contribution in [3.05, 3.63) is 0 Å². The Kier molecular flexibility index (Phi) is 2.69. The Morgan fingerprint density at radius 2 is 2.25 bits per heavy atom. The number of hydrogen-bond acceptors (Lipinski definition) is 3. The molecule has 0 aliphatic heterocycles. The van der Waals surface area contributed by atoms with Crippen LogP contribution in [0.1, 0.15) is 0 Å². The van der Waals surface area contributed by atoms with Crippen LogP contribution in [0, 0.1) is 22.9 Å². The first-order valence-corrected chi connectivity index (χ1v) is 1.68. The number of nitrogens with two attached hydrogens (primary N) is 1. The number of nitriles is 2. The van der Waals surface area contributed by atoms with Crippen LogP contribution >= 0.6 is 0 Å². The van der Waals surface area contributed by atoms with Crippen molar-refractivity contribution in [1.29, 1.82) is 10.5 Å². The average molecular weight is 109 g/mol. The molecule has 0 saturated heterocycles. The lowest BCUT2D eigenvalue weighted by Gasteiger charge is -1.85. The van der Waals surface area contributed by atoms with Crippen LogP contribution in [-0.2, 0) is 0 Å². The molecule has 0 unspecified atom stereocenters. The van der Waals surface area contributed by atoms with E-state index in [0.29, 0.717) is 0 Å². The van der Waals surface area contributed by atoms with Gasteiger partial charge in [-0.15, -0.1) is 4.99 Å². The molecule has 5 heteroatoms. The Morgan fingerprint density at radius 3 is 2.62 bits per heavy atom. The Morgan fingerprint density at radius 1 is 1.62 bits per heavy atom. The highest BCUT2D eigenvalue weighted by Crippen LogP contribution is 1.56. The summed E-state index contributed by atoms with van der Waals surface area (Å²) in [7, 11) is 0. The van der Waals surface area contributed by atoms with Crippen molar-refractivity contribution in [2.24, 2.45) is 10.7 Å². The van der Waals surface area contributed by atoms with E-state index in [1.54, 1.807) is 0 Å². The van der Waals surface area contributed by atoms with Crippen LogP contribution < -0.4 is 11.1 Å². The Bertz CT molecular complexity index is 167. The lowest BCUT2D eigenvalue weighted by atomic mass is 10.9. The predicted octanol–water partition coefficient (Wildman–Crippen LogP) is -1.15. The number of nitrogens with one attached hydrogen (secondary N) is 1. The van der Waals surface area contributed by atoms with Gasteiger partial charge in [0.25, 0.3) is 0 Å². The van der Waals surface area contributed by atoms with Gasteiger partial charge in [-0.2, -0.15) is 10.5 Å². The van der Waals surface area contributed by atoms with Crippen LogP contribution in [0.5, 0.6) is 0 Å². The normalized spacial score (nSPS) is 9.00. The highest BCUT2D eigenvalue weighted by Gasteiger charge is 1.81. The van der Waals surface area contributed by atoms with E-state index in [4.69, 9.17) is 16.3 Å². The maximum atomic E-state index is 7.83. The molecule has 0 fully saturated rings. The minimum Gasteiger partial charge on any atom is -0.368 e. The monoisotopic (exact) mass is 109 g/mol. The van der Waals surface area contributed by atoms with E-state index in [-0.39, 0.29) is 5.96 Å². The van der Waals surface area contributed by atoms with E-state index in [2.05, 4.69) is 4.99 Å². The first-order valence-electron chi connectivity index (χ1n) is 1.68. The van der Waals surface area contributed by atoms with E-state index in [9.17, 15) is 0 Å². The molecule has 5 nitrogen and oxygen atoms in total. The number of nitrogens with zero attached hydrogens (tertiary/aromatic N) is 3. The molecule has 0 aromatic rings. The van der Waals surface area contributed by atoms with Gasteiger partial charge in [0.2, 0.25) is 12.2 Å². The van der Waals surface area contributed by atoms with Crippen molar-refractivity contribution in [1.82, 2.24) is 5.32 Å². The molecule has 0 amide bonds. The molecule has 0 aliphatic rings. The molecule has 0 bridgehead atoms. The SMILES string of the molecule is N#CN=C(N)NC#N. The molecule has 40 valence electrons. The summed E-state index contributed by atoms with van der Waals surface area (Å²) in [6, 6.07) is 0. The van der Waals surface area contributed by atoms with Gasteiger partial charge < -0.3 is 5.73 Å². The van der Waals surface area contributed by atoms with E-state index in [0.717, 1.165) is 0 Å². The van der Waals surface area contributed by atoms with E-state index >= 15 is 0 Å². The number of aliphatic imine (C=N–C) groups is 1. The maximum Gasteiger partial charge on any atom is 0.217 e. The summed E-state index contributed by atoms with van der Waals surface area (Å²) in [5, 5.41) is 17.6. The Balaban J connectivity index is 3.71. The average Bonchev–Trinajstić information content (AvgIpc) is 1.68. The van der Waals surface area contributed by atoms with Gasteiger partial charge in [-0.1, -0.05) is 0 Å². The smallest absolute Gasteiger partial charge is 0.217 e. The quantitative estimate of drug-likeness (QED) is 0.177. The topological polar surface area (TPSA) is 98.0 Å². The van der Waals surface area contributed by atoms with Crippen molar-refractivity contribution in [2.45, 2.75) is 0 Å². The van der Waals surface area contributed by atoms with Gasteiger partial charge in [-0.05, 0) is 0 Å². The van der Waals surface area contributed by atoms with Crippen LogP contribution in [-0.4, -0.2) is 5.96 Å². The second-order valence-electron chi connectivity index (χ2n) is 0.834. The van der Waals surface area contributed by atoms with Crippen LogP contribution in [0.3, 0.4) is 0 Å². The molecule has 0 aliphatic carbocycles. The fraction of sp³-hybridized carbons (Fsp3) is 0. The zero-order valence-electron chi connectivity index (χ0n) is 3.92.